The molecule has 2 atom stereocenters. The quantitative estimate of drug-likeness (QED) is 0.284. The third kappa shape index (κ3) is 5.29. The van der Waals surface area contributed by atoms with E-state index >= 15 is 4.39 Å². The van der Waals surface area contributed by atoms with Crippen LogP contribution in [0.5, 0.6) is 6.01 Å². The van der Waals surface area contributed by atoms with E-state index in [0.29, 0.717) is 55.0 Å². The second-order valence-corrected chi connectivity index (χ2v) is 12.3. The Balaban J connectivity index is 1.46. The fourth-order valence-electron chi connectivity index (χ4n) is 6.45. The van der Waals surface area contributed by atoms with Crippen molar-refractivity contribution in [2.75, 3.05) is 44.2 Å². The van der Waals surface area contributed by atoms with Crippen molar-refractivity contribution in [1.82, 2.24) is 30.0 Å². The van der Waals surface area contributed by atoms with Crippen molar-refractivity contribution in [1.29, 1.82) is 0 Å². The Kier molecular flexibility index (Phi) is 7.50. The molecule has 4 aromatic rings. The molecule has 0 radical (unpaired) electrons. The number of rotatable bonds is 7. The van der Waals surface area contributed by atoms with Crippen molar-refractivity contribution in [2.45, 2.75) is 45.4 Å². The summed E-state index contributed by atoms with van der Waals surface area (Å²) in [7, 11) is 0. The van der Waals surface area contributed by atoms with Crippen LogP contribution in [0.2, 0.25) is 5.02 Å². The van der Waals surface area contributed by atoms with Gasteiger partial charge in [0.05, 0.1) is 16.7 Å². The predicted molar refractivity (Wildman–Crippen MR) is 164 cm³/mol. The average molecular weight is 610 g/mol. The summed E-state index contributed by atoms with van der Waals surface area (Å²) in [6, 6.07) is 5.21. The van der Waals surface area contributed by atoms with E-state index in [2.05, 4.69) is 26.7 Å². The van der Waals surface area contributed by atoms with Crippen LogP contribution in [0.15, 0.2) is 37.1 Å². The Morgan fingerprint density at radius 2 is 1.95 bits per heavy atom. The van der Waals surface area contributed by atoms with Crippen LogP contribution in [-0.2, 0) is 4.79 Å². The van der Waals surface area contributed by atoms with Crippen molar-refractivity contribution in [2.24, 2.45) is 0 Å². The number of halogens is 3. The number of anilines is 1. The van der Waals surface area contributed by atoms with E-state index < -0.39 is 11.5 Å². The van der Waals surface area contributed by atoms with Crippen LogP contribution < -0.4 is 9.64 Å². The lowest BCUT2D eigenvalue weighted by atomic mass is 9.96. The third-order valence-corrected chi connectivity index (χ3v) is 8.61. The molecule has 2 aliphatic rings. The molecule has 2 saturated heterocycles. The highest BCUT2D eigenvalue weighted by atomic mass is 35.5. The van der Waals surface area contributed by atoms with Gasteiger partial charge in [-0.15, -0.1) is 0 Å². The number of carbonyl (C=O) groups excluding carboxylic acids is 1. The van der Waals surface area contributed by atoms with Crippen molar-refractivity contribution < 1.29 is 18.3 Å². The first-order chi connectivity index (χ1) is 20.5. The number of carbonyl (C=O) groups is 1. The van der Waals surface area contributed by atoms with Gasteiger partial charge in [-0.05, 0) is 45.4 Å². The molecule has 2 aromatic carbocycles. The number of H-pyrrole nitrogens is 1. The minimum absolute atomic E-state index is 0.0127. The summed E-state index contributed by atoms with van der Waals surface area (Å²) in [5.41, 5.74) is 1.19. The van der Waals surface area contributed by atoms with Gasteiger partial charge >= 0.3 is 6.01 Å². The minimum Gasteiger partial charge on any atom is -0.462 e. The molecule has 0 saturated carbocycles. The Morgan fingerprint density at radius 3 is 2.63 bits per heavy atom. The van der Waals surface area contributed by atoms with Gasteiger partial charge in [0.25, 0.3) is 0 Å². The standard InChI is InChI=1S/C31H34ClF2N7O2/c1-6-23(42)40-13-18(3)41(19(4)14-40)29-21-11-22(32)25(24-17(2)7-8-20-12-35-38-27(20)24)26(33)28(21)36-30(37-29)43-10-9-39-15-31(5,34)16-39/h6-8,11-12,18-19H,1,9-10,13-16H2,2-5H3,(H,35,38)/t18-,19+. The molecule has 0 unspecified atom stereocenters. The zero-order valence-electron chi connectivity index (χ0n) is 24.6. The van der Waals surface area contributed by atoms with Crippen molar-refractivity contribution in [3.63, 3.8) is 0 Å². The zero-order chi connectivity index (χ0) is 30.6. The summed E-state index contributed by atoms with van der Waals surface area (Å²) in [6.07, 6.45) is 2.99. The van der Waals surface area contributed by atoms with Crippen LogP contribution in [0, 0.1) is 12.7 Å². The van der Waals surface area contributed by atoms with Crippen LogP contribution in [0.4, 0.5) is 14.6 Å². The monoisotopic (exact) mass is 609 g/mol. The van der Waals surface area contributed by atoms with Gasteiger partial charge in [-0.2, -0.15) is 15.1 Å². The second kappa shape index (κ2) is 11.0. The molecule has 2 aliphatic heterocycles. The number of piperazine rings is 1. The molecule has 9 nitrogen and oxygen atoms in total. The minimum atomic E-state index is -1.19. The fraction of sp³-hybridized carbons (Fsp3) is 0.419. The van der Waals surface area contributed by atoms with Gasteiger partial charge in [0.1, 0.15) is 23.6 Å². The Hall–Kier alpha value is -3.83. The molecule has 2 aromatic heterocycles. The van der Waals surface area contributed by atoms with Gasteiger partial charge in [-0.25, -0.2) is 8.78 Å². The maximum Gasteiger partial charge on any atom is 0.319 e. The Labute approximate surface area is 253 Å². The van der Waals surface area contributed by atoms with Crippen molar-refractivity contribution in [3.05, 3.63) is 53.5 Å². The fourth-order valence-corrected chi connectivity index (χ4v) is 6.74. The molecule has 6 rings (SSSR count). The topological polar surface area (TPSA) is 90.5 Å². The number of nitrogens with one attached hydrogen (secondary N) is 1. The molecule has 1 N–H and O–H groups in total. The summed E-state index contributed by atoms with van der Waals surface area (Å²) in [5, 5.41) is 8.60. The average Bonchev–Trinajstić information content (AvgIpc) is 3.42. The van der Waals surface area contributed by atoms with Crippen molar-refractivity contribution >= 4 is 45.1 Å². The second-order valence-electron chi connectivity index (χ2n) is 11.9. The van der Waals surface area contributed by atoms with Crippen molar-refractivity contribution in [3.8, 4) is 17.1 Å². The van der Waals surface area contributed by atoms with Gasteiger partial charge in [-0.3, -0.25) is 14.8 Å². The normalized spacial score (nSPS) is 20.4. The summed E-state index contributed by atoms with van der Waals surface area (Å²) >= 11 is 6.87. The van der Waals surface area contributed by atoms with E-state index in [1.54, 1.807) is 24.1 Å². The number of amides is 1. The first kappa shape index (κ1) is 29.3. The molecule has 12 heteroatoms. The lowest BCUT2D eigenvalue weighted by Crippen LogP contribution is -2.58. The van der Waals surface area contributed by atoms with Crippen LogP contribution >= 0.6 is 11.6 Å². The predicted octanol–water partition coefficient (Wildman–Crippen LogP) is 5.31. The summed E-state index contributed by atoms with van der Waals surface area (Å²) in [5.74, 6) is -0.278. The molecule has 226 valence electrons. The lowest BCUT2D eigenvalue weighted by Gasteiger charge is -2.45. The number of aryl methyl sites for hydroxylation is 1. The first-order valence-electron chi connectivity index (χ1n) is 14.3. The maximum absolute atomic E-state index is 16.8. The summed E-state index contributed by atoms with van der Waals surface area (Å²) in [6.45, 7) is 13.3. The largest absolute Gasteiger partial charge is 0.462 e. The van der Waals surface area contributed by atoms with Gasteiger partial charge in [0, 0.05) is 66.7 Å². The highest BCUT2D eigenvalue weighted by molar-refractivity contribution is 6.35. The highest BCUT2D eigenvalue weighted by Gasteiger charge is 2.38. The number of benzene rings is 2. The number of hydrogen-bond acceptors (Lipinski definition) is 7. The molecule has 1 amide bonds. The molecular weight excluding hydrogens is 576 g/mol. The maximum atomic E-state index is 16.8. The zero-order valence-corrected chi connectivity index (χ0v) is 25.4. The molecule has 2 fully saturated rings. The number of ether oxygens (including phenoxy) is 1. The van der Waals surface area contributed by atoms with Gasteiger partial charge in [-0.1, -0.05) is 30.3 Å². The van der Waals surface area contributed by atoms with E-state index in [-0.39, 0.29) is 46.7 Å². The highest BCUT2D eigenvalue weighted by Crippen LogP contribution is 2.42. The number of fused-ring (bicyclic) bond motifs is 2. The van der Waals surface area contributed by atoms with E-state index in [1.165, 1.54) is 6.08 Å². The number of alkyl halides is 1. The van der Waals surface area contributed by atoms with Crippen LogP contribution in [0.1, 0.15) is 26.3 Å². The van der Waals surface area contributed by atoms with E-state index in [4.69, 9.17) is 21.3 Å². The smallest absolute Gasteiger partial charge is 0.319 e. The third-order valence-electron chi connectivity index (χ3n) is 8.31. The molecule has 4 heterocycles. The van der Waals surface area contributed by atoms with E-state index in [9.17, 15) is 9.18 Å². The van der Waals surface area contributed by atoms with E-state index in [1.807, 2.05) is 37.8 Å². The number of hydrogen-bond donors (Lipinski definition) is 1. The Morgan fingerprint density at radius 1 is 1.23 bits per heavy atom. The van der Waals surface area contributed by atoms with Gasteiger partial charge in [0.15, 0.2) is 5.82 Å². The molecular formula is C31H34ClF2N7O2. The first-order valence-corrected chi connectivity index (χ1v) is 14.7. The molecule has 43 heavy (non-hydrogen) atoms. The van der Waals surface area contributed by atoms with Gasteiger partial charge < -0.3 is 14.5 Å². The number of aromatic amines is 1. The number of likely N-dealkylation sites (tertiary alicyclic amines) is 1. The van der Waals surface area contributed by atoms with Gasteiger partial charge in [0.2, 0.25) is 5.91 Å². The number of nitrogens with zero attached hydrogens (tertiary/aromatic N) is 6. The number of aromatic nitrogens is 4. The van der Waals surface area contributed by atoms with E-state index in [0.717, 1.165) is 10.9 Å². The van der Waals surface area contributed by atoms with Crippen LogP contribution in [-0.4, -0.2) is 93.0 Å². The van der Waals surface area contributed by atoms with Crippen LogP contribution in [0.25, 0.3) is 32.9 Å². The molecule has 0 aliphatic carbocycles. The lowest BCUT2D eigenvalue weighted by molar-refractivity contribution is -0.127. The molecule has 0 bridgehead atoms. The SMILES string of the molecule is C=CC(=O)N1C[C@@H](C)N(c2nc(OCCN3CC(C)(F)C3)nc3c(F)c(-c4c(C)ccc5cn[nH]c45)c(Cl)cc23)[C@@H](C)C1. The summed E-state index contributed by atoms with van der Waals surface area (Å²) in [4.78, 5) is 27.5. The summed E-state index contributed by atoms with van der Waals surface area (Å²) < 4.78 is 36.7. The van der Waals surface area contributed by atoms with Crippen LogP contribution in [0.3, 0.4) is 0 Å². The Bertz CT molecular complexity index is 1720. The molecule has 0 spiro atoms.